The summed E-state index contributed by atoms with van der Waals surface area (Å²) in [5.41, 5.74) is 0. The molecule has 0 aliphatic carbocycles. The van der Waals surface area contributed by atoms with E-state index in [9.17, 15) is 25.6 Å². The third kappa shape index (κ3) is 3.09. The Hall–Kier alpha value is -1.06. The number of hydrogen-bond acceptors (Lipinski definition) is 4. The third-order valence-corrected chi connectivity index (χ3v) is 7.24. The van der Waals surface area contributed by atoms with Crippen molar-refractivity contribution in [3.05, 3.63) is 29.8 Å². The summed E-state index contributed by atoms with van der Waals surface area (Å²) in [5.74, 6) is -2.82. The van der Waals surface area contributed by atoms with Crippen molar-refractivity contribution in [1.82, 2.24) is 4.31 Å². The highest BCUT2D eigenvalue weighted by atomic mass is 32.2. The highest BCUT2D eigenvalue weighted by Gasteiger charge is 2.39. The van der Waals surface area contributed by atoms with Gasteiger partial charge in [-0.1, -0.05) is 13.0 Å². The summed E-state index contributed by atoms with van der Waals surface area (Å²) in [5, 5.41) is 0. The van der Waals surface area contributed by atoms with Crippen molar-refractivity contribution in [1.29, 1.82) is 0 Å². The normalized spacial score (nSPS) is 21.8. The van der Waals surface area contributed by atoms with Gasteiger partial charge in [0, 0.05) is 12.6 Å². The lowest BCUT2D eigenvalue weighted by Gasteiger charge is -2.26. The van der Waals surface area contributed by atoms with Gasteiger partial charge in [-0.25, -0.2) is 25.6 Å². The molecule has 1 fully saturated rings. The van der Waals surface area contributed by atoms with E-state index in [1.165, 1.54) is 6.92 Å². The third-order valence-electron chi connectivity index (χ3n) is 3.41. The van der Waals surface area contributed by atoms with Gasteiger partial charge >= 0.3 is 0 Å². The second-order valence-corrected chi connectivity index (χ2v) is 8.87. The number of sulfone groups is 1. The van der Waals surface area contributed by atoms with E-state index in [-0.39, 0.29) is 24.5 Å². The Morgan fingerprint density at radius 1 is 1.29 bits per heavy atom. The number of nitrogens with zero attached hydrogens (tertiary/aromatic N) is 1. The molecule has 0 N–H and O–H groups in total. The molecule has 0 amide bonds. The summed E-state index contributed by atoms with van der Waals surface area (Å²) in [7, 11) is -7.73. The van der Waals surface area contributed by atoms with E-state index < -0.39 is 42.4 Å². The largest absolute Gasteiger partial charge is 0.249 e. The van der Waals surface area contributed by atoms with Crippen molar-refractivity contribution in [2.45, 2.75) is 24.3 Å². The molecule has 0 unspecified atom stereocenters. The summed E-state index contributed by atoms with van der Waals surface area (Å²) in [4.78, 5) is -1.03. The summed E-state index contributed by atoms with van der Waals surface area (Å²) in [6.45, 7) is 1.44. The minimum absolute atomic E-state index is 0.0592. The molecular weight excluding hydrogens is 324 g/mol. The first-order valence-corrected chi connectivity index (χ1v) is 9.61. The van der Waals surface area contributed by atoms with Crippen LogP contribution in [0.3, 0.4) is 0 Å². The number of rotatable bonds is 4. The van der Waals surface area contributed by atoms with Gasteiger partial charge in [-0.15, -0.1) is 0 Å². The predicted molar refractivity (Wildman–Crippen MR) is 73.0 cm³/mol. The Kier molecular flexibility index (Phi) is 4.36. The SMILES string of the molecule is CCN([C@@H]1CCS(=O)(=O)C1)S(=O)(=O)c1c(F)cccc1F. The van der Waals surface area contributed by atoms with E-state index in [1.54, 1.807) is 0 Å². The van der Waals surface area contributed by atoms with Crippen LogP contribution in [0.5, 0.6) is 0 Å². The molecule has 1 aromatic carbocycles. The second-order valence-electron chi connectivity index (χ2n) is 4.82. The van der Waals surface area contributed by atoms with Crippen LogP contribution in [0.25, 0.3) is 0 Å². The molecule has 1 saturated heterocycles. The molecule has 1 aliphatic heterocycles. The smallest absolute Gasteiger partial charge is 0.229 e. The zero-order chi connectivity index (χ0) is 15.8. The van der Waals surface area contributed by atoms with Crippen LogP contribution in [0, 0.1) is 11.6 Å². The van der Waals surface area contributed by atoms with Gasteiger partial charge in [-0.05, 0) is 18.6 Å². The lowest BCUT2D eigenvalue weighted by atomic mass is 10.3. The first-order valence-electron chi connectivity index (χ1n) is 6.35. The molecule has 0 saturated carbocycles. The van der Waals surface area contributed by atoms with Crippen molar-refractivity contribution < 1.29 is 25.6 Å². The van der Waals surface area contributed by atoms with E-state index in [0.717, 1.165) is 22.5 Å². The summed E-state index contributed by atoms with van der Waals surface area (Å²) in [6, 6.07) is 1.99. The van der Waals surface area contributed by atoms with E-state index in [4.69, 9.17) is 0 Å². The van der Waals surface area contributed by atoms with Crippen LogP contribution in [0.15, 0.2) is 23.1 Å². The molecule has 0 spiro atoms. The molecular formula is C12H15F2NO4S2. The number of sulfonamides is 1. The average Bonchev–Trinajstić information content (AvgIpc) is 2.69. The number of benzene rings is 1. The van der Waals surface area contributed by atoms with Crippen LogP contribution in [-0.2, 0) is 19.9 Å². The van der Waals surface area contributed by atoms with Crippen molar-refractivity contribution in [3.63, 3.8) is 0 Å². The van der Waals surface area contributed by atoms with E-state index in [0.29, 0.717) is 0 Å². The van der Waals surface area contributed by atoms with Gasteiger partial charge < -0.3 is 0 Å². The molecule has 118 valence electrons. The first kappa shape index (κ1) is 16.3. The highest BCUT2D eigenvalue weighted by molar-refractivity contribution is 7.92. The van der Waals surface area contributed by atoms with Gasteiger partial charge in [-0.3, -0.25) is 0 Å². The van der Waals surface area contributed by atoms with Crippen LogP contribution in [-0.4, -0.2) is 45.2 Å². The van der Waals surface area contributed by atoms with Gasteiger partial charge in [0.05, 0.1) is 11.5 Å². The topological polar surface area (TPSA) is 71.5 Å². The Morgan fingerprint density at radius 2 is 1.86 bits per heavy atom. The maximum absolute atomic E-state index is 13.7. The molecule has 1 aliphatic rings. The molecule has 21 heavy (non-hydrogen) atoms. The maximum atomic E-state index is 13.7. The van der Waals surface area contributed by atoms with Crippen LogP contribution in [0.2, 0.25) is 0 Å². The minimum Gasteiger partial charge on any atom is -0.229 e. The molecule has 0 aromatic heterocycles. The molecule has 1 aromatic rings. The van der Waals surface area contributed by atoms with Gasteiger partial charge in [0.15, 0.2) is 14.7 Å². The van der Waals surface area contributed by atoms with Crippen molar-refractivity contribution in [2.24, 2.45) is 0 Å². The van der Waals surface area contributed by atoms with Gasteiger partial charge in [0.1, 0.15) is 11.6 Å². The monoisotopic (exact) mass is 339 g/mol. The molecule has 5 nitrogen and oxygen atoms in total. The quantitative estimate of drug-likeness (QED) is 0.825. The minimum atomic E-state index is -4.43. The molecule has 1 atom stereocenters. The zero-order valence-electron chi connectivity index (χ0n) is 11.3. The fourth-order valence-corrected chi connectivity index (χ4v) is 6.07. The fourth-order valence-electron chi connectivity index (χ4n) is 2.47. The Bertz CT molecular complexity index is 726. The van der Waals surface area contributed by atoms with Gasteiger partial charge in [0.2, 0.25) is 10.0 Å². The molecule has 2 rings (SSSR count). The summed E-state index contributed by atoms with van der Waals surface area (Å²) in [6.07, 6.45) is 0.130. The Balaban J connectivity index is 2.46. The average molecular weight is 339 g/mol. The van der Waals surface area contributed by atoms with Crippen LogP contribution in [0.1, 0.15) is 13.3 Å². The lowest BCUT2D eigenvalue weighted by molar-refractivity contribution is 0.349. The van der Waals surface area contributed by atoms with E-state index in [2.05, 4.69) is 0 Å². The molecule has 0 radical (unpaired) electrons. The lowest BCUT2D eigenvalue weighted by Crippen LogP contribution is -2.41. The molecule has 0 bridgehead atoms. The highest BCUT2D eigenvalue weighted by Crippen LogP contribution is 2.27. The zero-order valence-corrected chi connectivity index (χ0v) is 12.9. The molecule has 1 heterocycles. The molecule has 9 heteroatoms. The van der Waals surface area contributed by atoms with Crippen molar-refractivity contribution in [2.75, 3.05) is 18.1 Å². The summed E-state index contributed by atoms with van der Waals surface area (Å²) < 4.78 is 76.2. The van der Waals surface area contributed by atoms with Crippen molar-refractivity contribution in [3.8, 4) is 0 Å². The predicted octanol–water partition coefficient (Wildman–Crippen LogP) is 1.16. The maximum Gasteiger partial charge on any atom is 0.249 e. The summed E-state index contributed by atoms with van der Waals surface area (Å²) >= 11 is 0. The number of hydrogen-bond donors (Lipinski definition) is 0. The van der Waals surface area contributed by atoms with Gasteiger partial charge in [0.25, 0.3) is 0 Å². The van der Waals surface area contributed by atoms with Crippen LogP contribution >= 0.6 is 0 Å². The van der Waals surface area contributed by atoms with Crippen molar-refractivity contribution >= 4 is 19.9 Å². The number of halogens is 2. The van der Waals surface area contributed by atoms with Gasteiger partial charge in [-0.2, -0.15) is 4.31 Å². The Morgan fingerprint density at radius 3 is 2.29 bits per heavy atom. The van der Waals surface area contributed by atoms with Crippen LogP contribution in [0.4, 0.5) is 8.78 Å². The van der Waals surface area contributed by atoms with E-state index >= 15 is 0 Å². The second kappa shape index (κ2) is 5.62. The standard InChI is InChI=1S/C12H15F2NO4S2/c1-2-15(9-6-7-20(16,17)8-9)21(18,19)12-10(13)4-3-5-11(12)14/h3-5,9H,2,6-8H2,1H3/t9-/m1/s1. The first-order chi connectivity index (χ1) is 9.69. The van der Waals surface area contributed by atoms with E-state index in [1.807, 2.05) is 0 Å². The fraction of sp³-hybridized carbons (Fsp3) is 0.500. The Labute approximate surface area is 122 Å². The van der Waals surface area contributed by atoms with Crippen LogP contribution < -0.4 is 0 Å².